The van der Waals surface area contributed by atoms with Crippen LogP contribution < -0.4 is 4.90 Å². The molecule has 3 rings (SSSR count). The fraction of sp³-hybridized carbons (Fsp3) is 0.333. The topological polar surface area (TPSA) is 23.5 Å². The number of benzene rings is 2. The predicted molar refractivity (Wildman–Crippen MR) is 83.4 cm³/mol. The van der Waals surface area contributed by atoms with Crippen molar-refractivity contribution < 1.29 is 5.11 Å². The summed E-state index contributed by atoms with van der Waals surface area (Å²) in [5.74, 6) is 0.369. The maximum Gasteiger partial charge on any atom is 0.115 e. The molecule has 0 saturated carbocycles. The highest BCUT2D eigenvalue weighted by atomic mass is 16.3. The molecule has 0 heterocycles. The molecule has 0 fully saturated rings. The van der Waals surface area contributed by atoms with Crippen molar-refractivity contribution in [2.75, 3.05) is 11.9 Å². The SMILES string of the molecule is Cc1cccc(N(C)C2CCCc3ccc(O)cc32)c1. The molecule has 0 amide bonds. The summed E-state index contributed by atoms with van der Waals surface area (Å²) in [6.45, 7) is 2.12. The largest absolute Gasteiger partial charge is 0.508 e. The monoisotopic (exact) mass is 267 g/mol. The molecule has 2 nitrogen and oxygen atoms in total. The Morgan fingerprint density at radius 2 is 2.00 bits per heavy atom. The summed E-state index contributed by atoms with van der Waals surface area (Å²) in [5.41, 5.74) is 5.17. The third kappa shape index (κ3) is 2.38. The molecule has 104 valence electrons. The van der Waals surface area contributed by atoms with Gasteiger partial charge in [0, 0.05) is 12.7 Å². The van der Waals surface area contributed by atoms with Crippen LogP contribution in [-0.2, 0) is 6.42 Å². The van der Waals surface area contributed by atoms with E-state index in [0.717, 1.165) is 12.8 Å². The van der Waals surface area contributed by atoms with Gasteiger partial charge in [-0.15, -0.1) is 0 Å². The van der Waals surface area contributed by atoms with E-state index in [1.807, 2.05) is 6.07 Å². The first kappa shape index (κ1) is 13.0. The minimum Gasteiger partial charge on any atom is -0.508 e. The van der Waals surface area contributed by atoms with Crippen LogP contribution in [0.5, 0.6) is 5.75 Å². The molecular weight excluding hydrogens is 246 g/mol. The van der Waals surface area contributed by atoms with Gasteiger partial charge in [-0.05, 0) is 67.1 Å². The number of fused-ring (bicyclic) bond motifs is 1. The third-order valence-electron chi connectivity index (χ3n) is 4.29. The average molecular weight is 267 g/mol. The smallest absolute Gasteiger partial charge is 0.115 e. The van der Waals surface area contributed by atoms with Crippen LogP contribution in [0.1, 0.15) is 35.6 Å². The van der Waals surface area contributed by atoms with E-state index >= 15 is 0 Å². The van der Waals surface area contributed by atoms with Crippen LogP contribution in [0.2, 0.25) is 0 Å². The van der Waals surface area contributed by atoms with E-state index in [4.69, 9.17) is 0 Å². The van der Waals surface area contributed by atoms with Crippen molar-refractivity contribution in [2.24, 2.45) is 0 Å². The molecule has 0 aliphatic heterocycles. The second-order valence-corrected chi connectivity index (χ2v) is 5.74. The fourth-order valence-corrected chi connectivity index (χ4v) is 3.19. The number of phenolic OH excluding ortho intramolecular Hbond substituents is 1. The normalized spacial score (nSPS) is 17.6. The highest BCUT2D eigenvalue weighted by Gasteiger charge is 2.24. The molecule has 1 N–H and O–H groups in total. The molecule has 1 atom stereocenters. The number of phenols is 1. The minimum atomic E-state index is 0.354. The third-order valence-corrected chi connectivity index (χ3v) is 4.29. The van der Waals surface area contributed by atoms with Crippen LogP contribution in [-0.4, -0.2) is 12.2 Å². The van der Waals surface area contributed by atoms with E-state index in [0.29, 0.717) is 11.8 Å². The van der Waals surface area contributed by atoms with Gasteiger partial charge in [0.15, 0.2) is 0 Å². The summed E-state index contributed by atoms with van der Waals surface area (Å²) in [5, 5.41) is 9.78. The van der Waals surface area contributed by atoms with Gasteiger partial charge in [-0.3, -0.25) is 0 Å². The van der Waals surface area contributed by atoms with Crippen LogP contribution in [0.25, 0.3) is 0 Å². The van der Waals surface area contributed by atoms with Gasteiger partial charge in [-0.25, -0.2) is 0 Å². The first-order chi connectivity index (χ1) is 9.65. The van der Waals surface area contributed by atoms with E-state index in [-0.39, 0.29) is 0 Å². The van der Waals surface area contributed by atoms with Crippen molar-refractivity contribution in [1.82, 2.24) is 0 Å². The van der Waals surface area contributed by atoms with E-state index in [9.17, 15) is 5.11 Å². The van der Waals surface area contributed by atoms with E-state index < -0.39 is 0 Å². The van der Waals surface area contributed by atoms with Gasteiger partial charge in [0.1, 0.15) is 5.75 Å². The second kappa shape index (κ2) is 5.20. The van der Waals surface area contributed by atoms with Crippen LogP contribution in [0, 0.1) is 6.92 Å². The van der Waals surface area contributed by atoms with Crippen molar-refractivity contribution in [1.29, 1.82) is 0 Å². The van der Waals surface area contributed by atoms with Gasteiger partial charge >= 0.3 is 0 Å². The van der Waals surface area contributed by atoms with Crippen molar-refractivity contribution in [2.45, 2.75) is 32.2 Å². The van der Waals surface area contributed by atoms with Crippen LogP contribution in [0.15, 0.2) is 42.5 Å². The second-order valence-electron chi connectivity index (χ2n) is 5.74. The lowest BCUT2D eigenvalue weighted by molar-refractivity contribution is 0.469. The molecule has 1 unspecified atom stereocenters. The molecule has 2 heteroatoms. The fourth-order valence-electron chi connectivity index (χ4n) is 3.19. The van der Waals surface area contributed by atoms with Gasteiger partial charge < -0.3 is 10.0 Å². The highest BCUT2D eigenvalue weighted by molar-refractivity contribution is 5.52. The number of aromatic hydroxyl groups is 1. The van der Waals surface area contributed by atoms with Crippen LogP contribution in [0.4, 0.5) is 5.69 Å². The van der Waals surface area contributed by atoms with Crippen molar-refractivity contribution in [3.63, 3.8) is 0 Å². The van der Waals surface area contributed by atoms with Crippen LogP contribution >= 0.6 is 0 Å². The maximum absolute atomic E-state index is 9.78. The molecule has 0 saturated heterocycles. The Hall–Kier alpha value is -1.96. The Kier molecular flexibility index (Phi) is 3.39. The maximum atomic E-state index is 9.78. The Bertz CT molecular complexity index is 621. The summed E-state index contributed by atoms with van der Waals surface area (Å²) in [6, 6.07) is 14.8. The summed E-state index contributed by atoms with van der Waals surface area (Å²) in [6.07, 6.45) is 3.47. The van der Waals surface area contributed by atoms with Crippen molar-refractivity contribution in [3.05, 3.63) is 59.2 Å². The van der Waals surface area contributed by atoms with E-state index in [1.54, 1.807) is 6.07 Å². The Morgan fingerprint density at radius 3 is 2.80 bits per heavy atom. The van der Waals surface area contributed by atoms with E-state index in [1.165, 1.54) is 28.8 Å². The number of aryl methyl sites for hydroxylation is 2. The Morgan fingerprint density at radius 1 is 1.15 bits per heavy atom. The molecule has 0 bridgehead atoms. The van der Waals surface area contributed by atoms with Gasteiger partial charge in [-0.2, -0.15) is 0 Å². The standard InChI is InChI=1S/C18H21NO/c1-13-5-3-7-15(11-13)19(2)18-8-4-6-14-9-10-16(20)12-17(14)18/h3,5,7,9-12,18,20H,4,6,8H2,1-2H3. The lowest BCUT2D eigenvalue weighted by Crippen LogP contribution is -2.27. The zero-order valence-electron chi connectivity index (χ0n) is 12.1. The van der Waals surface area contributed by atoms with Gasteiger partial charge in [0.05, 0.1) is 6.04 Å². The predicted octanol–water partition coefficient (Wildman–Crippen LogP) is 4.21. The lowest BCUT2D eigenvalue weighted by atomic mass is 9.86. The molecule has 2 aromatic rings. The lowest BCUT2D eigenvalue weighted by Gasteiger charge is -2.35. The summed E-state index contributed by atoms with van der Waals surface area (Å²) in [7, 11) is 2.15. The van der Waals surface area contributed by atoms with Gasteiger partial charge in [0.25, 0.3) is 0 Å². The highest BCUT2D eigenvalue weighted by Crippen LogP contribution is 2.37. The van der Waals surface area contributed by atoms with Crippen LogP contribution in [0.3, 0.4) is 0 Å². The molecule has 1 aliphatic carbocycles. The Labute approximate surface area is 120 Å². The van der Waals surface area contributed by atoms with Gasteiger partial charge in [-0.1, -0.05) is 18.2 Å². The number of nitrogens with zero attached hydrogens (tertiary/aromatic N) is 1. The molecule has 0 spiro atoms. The Balaban J connectivity index is 1.97. The van der Waals surface area contributed by atoms with Crippen molar-refractivity contribution >= 4 is 5.69 Å². The zero-order valence-corrected chi connectivity index (χ0v) is 12.1. The minimum absolute atomic E-state index is 0.354. The summed E-state index contributed by atoms with van der Waals surface area (Å²) >= 11 is 0. The number of hydrogen-bond acceptors (Lipinski definition) is 2. The molecule has 0 radical (unpaired) electrons. The first-order valence-electron chi connectivity index (χ1n) is 7.26. The van der Waals surface area contributed by atoms with Gasteiger partial charge in [0.2, 0.25) is 0 Å². The zero-order chi connectivity index (χ0) is 14.1. The molecular formula is C18H21NO. The number of rotatable bonds is 2. The molecule has 0 aromatic heterocycles. The summed E-state index contributed by atoms with van der Waals surface area (Å²) < 4.78 is 0. The number of anilines is 1. The van der Waals surface area contributed by atoms with E-state index in [2.05, 4.69) is 49.2 Å². The molecule has 20 heavy (non-hydrogen) atoms. The molecule has 2 aromatic carbocycles. The number of hydrogen-bond donors (Lipinski definition) is 1. The first-order valence-corrected chi connectivity index (χ1v) is 7.26. The average Bonchev–Trinajstić information content (AvgIpc) is 2.46. The van der Waals surface area contributed by atoms with Crippen molar-refractivity contribution in [3.8, 4) is 5.75 Å². The summed E-state index contributed by atoms with van der Waals surface area (Å²) in [4.78, 5) is 2.34. The molecule has 1 aliphatic rings. The quantitative estimate of drug-likeness (QED) is 0.881.